The molecule has 27 heavy (non-hydrogen) atoms. The SMILES string of the molecule is CCNC(=NCc1ccc(N2CCOCC2)c(F)c1)NC1CCC(SC)C1. The van der Waals surface area contributed by atoms with Crippen molar-refractivity contribution in [3.8, 4) is 0 Å². The van der Waals surface area contributed by atoms with Crippen molar-refractivity contribution in [2.24, 2.45) is 4.99 Å². The van der Waals surface area contributed by atoms with E-state index < -0.39 is 0 Å². The lowest BCUT2D eigenvalue weighted by atomic mass is 10.1. The first kappa shape index (κ1) is 20.3. The zero-order valence-electron chi connectivity index (χ0n) is 16.3. The molecular formula is C20H31FN4OS. The van der Waals surface area contributed by atoms with Crippen LogP contribution in [-0.2, 0) is 11.3 Å². The third-order valence-corrected chi connectivity index (χ3v) is 6.28. The second-order valence-corrected chi connectivity index (χ2v) is 8.23. The summed E-state index contributed by atoms with van der Waals surface area (Å²) in [5, 5.41) is 7.59. The van der Waals surface area contributed by atoms with E-state index in [4.69, 9.17) is 4.74 Å². The van der Waals surface area contributed by atoms with Crippen LogP contribution in [0.5, 0.6) is 0 Å². The molecule has 2 aliphatic rings. The van der Waals surface area contributed by atoms with Gasteiger partial charge in [0.05, 0.1) is 25.4 Å². The van der Waals surface area contributed by atoms with Gasteiger partial charge in [0.1, 0.15) is 5.82 Å². The number of benzene rings is 1. The van der Waals surface area contributed by atoms with Crippen LogP contribution in [0, 0.1) is 5.82 Å². The summed E-state index contributed by atoms with van der Waals surface area (Å²) in [7, 11) is 0. The van der Waals surface area contributed by atoms with Gasteiger partial charge in [0.15, 0.2) is 5.96 Å². The zero-order chi connectivity index (χ0) is 19.1. The van der Waals surface area contributed by atoms with Crippen molar-refractivity contribution < 1.29 is 9.13 Å². The van der Waals surface area contributed by atoms with E-state index in [2.05, 4.69) is 28.8 Å². The van der Waals surface area contributed by atoms with Gasteiger partial charge in [-0.1, -0.05) is 6.07 Å². The number of hydrogen-bond donors (Lipinski definition) is 2. The van der Waals surface area contributed by atoms with Gasteiger partial charge in [0.25, 0.3) is 0 Å². The Hall–Kier alpha value is -1.47. The fourth-order valence-corrected chi connectivity index (χ4v) is 4.48. The number of morpholine rings is 1. The Morgan fingerprint density at radius 2 is 2.15 bits per heavy atom. The number of thioether (sulfide) groups is 1. The molecule has 1 aromatic rings. The summed E-state index contributed by atoms with van der Waals surface area (Å²) >= 11 is 1.95. The maximum absolute atomic E-state index is 14.6. The third kappa shape index (κ3) is 5.75. The van der Waals surface area contributed by atoms with Crippen LogP contribution in [0.25, 0.3) is 0 Å². The van der Waals surface area contributed by atoms with Gasteiger partial charge in [-0.15, -0.1) is 0 Å². The third-order valence-electron chi connectivity index (χ3n) is 5.19. The summed E-state index contributed by atoms with van der Waals surface area (Å²) in [5.74, 6) is 0.642. The lowest BCUT2D eigenvalue weighted by Gasteiger charge is -2.29. The molecule has 150 valence electrons. The predicted octanol–water partition coefficient (Wildman–Crippen LogP) is 3.00. The lowest BCUT2D eigenvalue weighted by molar-refractivity contribution is 0.122. The highest BCUT2D eigenvalue weighted by atomic mass is 32.2. The standard InChI is InChI=1S/C20H31FN4OS/c1-3-22-20(24-16-5-6-17(13-16)27-2)23-14-15-4-7-19(18(21)12-15)25-8-10-26-11-9-25/h4,7,12,16-17H,3,5-6,8-11,13-14H2,1-2H3,(H2,22,23,24). The molecule has 0 aromatic heterocycles. The first-order chi connectivity index (χ1) is 13.2. The first-order valence-electron chi connectivity index (χ1n) is 9.88. The van der Waals surface area contributed by atoms with Crippen LogP contribution in [0.3, 0.4) is 0 Å². The summed E-state index contributed by atoms with van der Waals surface area (Å²) in [6.45, 7) is 6.13. The maximum atomic E-state index is 14.6. The van der Waals surface area contributed by atoms with Gasteiger partial charge in [-0.25, -0.2) is 9.38 Å². The molecule has 2 unspecified atom stereocenters. The van der Waals surface area contributed by atoms with E-state index in [1.54, 1.807) is 6.07 Å². The highest BCUT2D eigenvalue weighted by molar-refractivity contribution is 7.99. The molecule has 3 rings (SSSR count). The first-order valence-corrected chi connectivity index (χ1v) is 11.2. The van der Waals surface area contributed by atoms with Gasteiger partial charge in [0, 0.05) is 30.9 Å². The normalized spacial score (nSPS) is 23.5. The molecule has 2 fully saturated rings. The molecular weight excluding hydrogens is 363 g/mol. The number of anilines is 1. The molecule has 1 saturated carbocycles. The number of hydrogen-bond acceptors (Lipinski definition) is 4. The Balaban J connectivity index is 1.60. The summed E-state index contributed by atoms with van der Waals surface area (Å²) in [5.41, 5.74) is 1.54. The molecule has 1 aromatic carbocycles. The molecule has 0 amide bonds. The minimum atomic E-state index is -0.179. The Morgan fingerprint density at radius 1 is 1.33 bits per heavy atom. The minimum Gasteiger partial charge on any atom is -0.378 e. The van der Waals surface area contributed by atoms with Crippen LogP contribution in [0.1, 0.15) is 31.7 Å². The van der Waals surface area contributed by atoms with Crippen LogP contribution in [0.15, 0.2) is 23.2 Å². The van der Waals surface area contributed by atoms with Gasteiger partial charge < -0.3 is 20.3 Å². The van der Waals surface area contributed by atoms with Crippen molar-refractivity contribution in [1.82, 2.24) is 10.6 Å². The number of rotatable bonds is 6. The Bertz CT molecular complexity index is 636. The molecule has 0 radical (unpaired) electrons. The van der Waals surface area contributed by atoms with Crippen molar-refractivity contribution in [3.05, 3.63) is 29.6 Å². The van der Waals surface area contributed by atoms with E-state index >= 15 is 0 Å². The Kier molecular flexibility index (Phi) is 7.64. The van der Waals surface area contributed by atoms with Crippen molar-refractivity contribution in [2.75, 3.05) is 44.0 Å². The van der Waals surface area contributed by atoms with Crippen LogP contribution < -0.4 is 15.5 Å². The van der Waals surface area contributed by atoms with Crippen LogP contribution in [-0.4, -0.2) is 56.4 Å². The van der Waals surface area contributed by atoms with Crippen molar-refractivity contribution in [2.45, 2.75) is 44.0 Å². The largest absolute Gasteiger partial charge is 0.378 e. The fourth-order valence-electron chi connectivity index (χ4n) is 3.68. The molecule has 2 atom stereocenters. The monoisotopic (exact) mass is 394 g/mol. The van der Waals surface area contributed by atoms with Crippen LogP contribution >= 0.6 is 11.8 Å². The van der Waals surface area contributed by atoms with Gasteiger partial charge in [0.2, 0.25) is 0 Å². The van der Waals surface area contributed by atoms with E-state index in [0.717, 1.165) is 36.4 Å². The second-order valence-electron chi connectivity index (χ2n) is 7.09. The average molecular weight is 395 g/mol. The number of aliphatic imine (C=N–C) groups is 1. The molecule has 1 saturated heterocycles. The van der Waals surface area contributed by atoms with Gasteiger partial charge in [-0.2, -0.15) is 11.8 Å². The van der Waals surface area contributed by atoms with E-state index in [-0.39, 0.29) is 5.82 Å². The quantitative estimate of drug-likeness (QED) is 0.574. The number of halogens is 1. The van der Waals surface area contributed by atoms with Crippen molar-refractivity contribution in [3.63, 3.8) is 0 Å². The molecule has 0 spiro atoms. The van der Waals surface area contributed by atoms with Gasteiger partial charge >= 0.3 is 0 Å². The molecule has 2 N–H and O–H groups in total. The molecule has 1 aliphatic heterocycles. The summed E-state index contributed by atoms with van der Waals surface area (Å²) in [6.07, 6.45) is 5.79. The zero-order valence-corrected chi connectivity index (χ0v) is 17.2. The molecule has 5 nitrogen and oxygen atoms in total. The Labute approximate surface area is 166 Å². The summed E-state index contributed by atoms with van der Waals surface area (Å²) in [6, 6.07) is 5.92. The van der Waals surface area contributed by atoms with E-state index in [9.17, 15) is 4.39 Å². The molecule has 0 bridgehead atoms. The van der Waals surface area contributed by atoms with Crippen LogP contribution in [0.2, 0.25) is 0 Å². The van der Waals surface area contributed by atoms with Gasteiger partial charge in [-0.05, 0) is 50.1 Å². The van der Waals surface area contributed by atoms with E-state index in [1.165, 1.54) is 19.3 Å². The average Bonchev–Trinajstić information content (AvgIpc) is 3.15. The van der Waals surface area contributed by atoms with Crippen molar-refractivity contribution in [1.29, 1.82) is 0 Å². The summed E-state index contributed by atoms with van der Waals surface area (Å²) in [4.78, 5) is 6.71. The minimum absolute atomic E-state index is 0.179. The number of nitrogens with one attached hydrogen (secondary N) is 2. The smallest absolute Gasteiger partial charge is 0.191 e. The second kappa shape index (κ2) is 10.2. The maximum Gasteiger partial charge on any atom is 0.191 e. The molecule has 7 heteroatoms. The van der Waals surface area contributed by atoms with Crippen molar-refractivity contribution >= 4 is 23.4 Å². The number of guanidine groups is 1. The summed E-state index contributed by atoms with van der Waals surface area (Å²) < 4.78 is 19.9. The van der Waals surface area contributed by atoms with Gasteiger partial charge in [-0.3, -0.25) is 0 Å². The lowest BCUT2D eigenvalue weighted by Crippen LogP contribution is -2.42. The number of nitrogens with zero attached hydrogens (tertiary/aromatic N) is 2. The Morgan fingerprint density at radius 3 is 2.81 bits per heavy atom. The van der Waals surface area contributed by atoms with E-state index in [0.29, 0.717) is 31.5 Å². The number of ether oxygens (including phenoxy) is 1. The fraction of sp³-hybridized carbons (Fsp3) is 0.650. The molecule has 1 heterocycles. The highest BCUT2D eigenvalue weighted by Crippen LogP contribution is 2.28. The predicted molar refractivity (Wildman–Crippen MR) is 112 cm³/mol. The van der Waals surface area contributed by atoms with Crippen LogP contribution in [0.4, 0.5) is 10.1 Å². The topological polar surface area (TPSA) is 48.9 Å². The highest BCUT2D eigenvalue weighted by Gasteiger charge is 2.24. The molecule has 1 aliphatic carbocycles. The van der Waals surface area contributed by atoms with E-state index in [1.807, 2.05) is 28.8 Å².